The molecule has 7 nitrogen and oxygen atoms in total. The van der Waals surface area contributed by atoms with Gasteiger partial charge in [-0.25, -0.2) is 0 Å². The second-order valence-electron chi connectivity index (χ2n) is 6.25. The third-order valence-corrected chi connectivity index (χ3v) is 5.43. The minimum atomic E-state index is -3.57. The summed E-state index contributed by atoms with van der Waals surface area (Å²) in [6.45, 7) is 1.35. The van der Waals surface area contributed by atoms with Crippen molar-refractivity contribution in [1.29, 1.82) is 0 Å². The molecule has 4 rings (SSSR count). The van der Waals surface area contributed by atoms with E-state index >= 15 is 0 Å². The maximum atomic E-state index is 14.6. The van der Waals surface area contributed by atoms with Crippen molar-refractivity contribution in [3.05, 3.63) is 23.5 Å². The summed E-state index contributed by atoms with van der Waals surface area (Å²) < 4.78 is 30.2. The van der Waals surface area contributed by atoms with E-state index < -0.39 is 11.8 Å². The number of piperidine rings is 1. The summed E-state index contributed by atoms with van der Waals surface area (Å²) in [5.41, 5.74) is 1.27. The third kappa shape index (κ3) is 2.36. The van der Waals surface area contributed by atoms with Gasteiger partial charge in [0.05, 0.1) is 0 Å². The Hall–Kier alpha value is -2.10. The van der Waals surface area contributed by atoms with E-state index in [4.69, 9.17) is 0 Å². The van der Waals surface area contributed by atoms with Gasteiger partial charge in [0.2, 0.25) is 5.13 Å². The molecule has 1 amide bonds. The summed E-state index contributed by atoms with van der Waals surface area (Å²) in [5.74, 6) is -4.55. The first-order valence-electron chi connectivity index (χ1n) is 7.65. The number of aromatic nitrogens is 4. The fraction of sp³-hybridized carbons (Fsp3) is 0.571. The van der Waals surface area contributed by atoms with E-state index in [1.807, 2.05) is 0 Å². The smallest absolute Gasteiger partial charge is 0.342 e. The largest absolute Gasteiger partial charge is 0.365 e. The van der Waals surface area contributed by atoms with E-state index in [-0.39, 0.29) is 24.2 Å². The normalized spacial score (nSPS) is 23.8. The molecule has 2 bridgehead atoms. The van der Waals surface area contributed by atoms with Gasteiger partial charge in [-0.1, -0.05) is 11.3 Å². The molecule has 2 fully saturated rings. The van der Waals surface area contributed by atoms with Crippen LogP contribution < -0.4 is 4.90 Å². The van der Waals surface area contributed by atoms with Gasteiger partial charge in [-0.15, -0.1) is 10.2 Å². The maximum absolute atomic E-state index is 14.6. The number of halogens is 2. The summed E-state index contributed by atoms with van der Waals surface area (Å²) >= 11 is 1.42. The molecule has 2 saturated heterocycles. The van der Waals surface area contributed by atoms with Crippen LogP contribution in [-0.4, -0.2) is 56.5 Å². The van der Waals surface area contributed by atoms with Crippen LogP contribution in [0.1, 0.15) is 12.1 Å². The van der Waals surface area contributed by atoms with Crippen LogP contribution in [0.25, 0.3) is 0 Å². The molecular formula is C14H16F2N6OS. The van der Waals surface area contributed by atoms with E-state index in [1.54, 1.807) is 5.51 Å². The second-order valence-corrected chi connectivity index (χ2v) is 7.07. The van der Waals surface area contributed by atoms with Crippen molar-refractivity contribution in [3.63, 3.8) is 0 Å². The predicted octanol–water partition coefficient (Wildman–Crippen LogP) is 1.10. The van der Waals surface area contributed by atoms with Crippen molar-refractivity contribution in [2.75, 3.05) is 24.5 Å². The third-order valence-electron chi connectivity index (χ3n) is 4.70. The highest BCUT2D eigenvalue weighted by Gasteiger charge is 2.50. The minimum absolute atomic E-state index is 0.0167. The molecule has 0 saturated carbocycles. The predicted molar refractivity (Wildman–Crippen MR) is 82.8 cm³/mol. The Balaban J connectivity index is 1.54. The highest BCUT2D eigenvalue weighted by Crippen LogP contribution is 2.37. The number of anilines is 1. The van der Waals surface area contributed by atoms with Gasteiger partial charge >= 0.3 is 5.92 Å². The van der Waals surface area contributed by atoms with Gasteiger partial charge in [0.1, 0.15) is 11.2 Å². The number of alkyl halides is 2. The van der Waals surface area contributed by atoms with Crippen LogP contribution >= 0.6 is 11.3 Å². The Kier molecular flexibility index (Phi) is 3.52. The van der Waals surface area contributed by atoms with Crippen LogP contribution in [0.2, 0.25) is 0 Å². The van der Waals surface area contributed by atoms with Gasteiger partial charge in [-0.05, 0) is 18.4 Å². The molecule has 2 aromatic rings. The zero-order valence-electron chi connectivity index (χ0n) is 13.0. The molecule has 2 unspecified atom stereocenters. The first kappa shape index (κ1) is 15.4. The van der Waals surface area contributed by atoms with E-state index in [9.17, 15) is 13.6 Å². The van der Waals surface area contributed by atoms with Crippen molar-refractivity contribution in [1.82, 2.24) is 24.9 Å². The molecule has 24 heavy (non-hydrogen) atoms. The van der Waals surface area contributed by atoms with E-state index in [1.165, 1.54) is 35.5 Å². The number of likely N-dealkylation sites (tertiary alicyclic amines) is 1. The molecule has 0 aliphatic carbocycles. The number of hydrogen-bond acceptors (Lipinski definition) is 6. The zero-order chi connectivity index (χ0) is 16.9. The molecule has 10 heteroatoms. The van der Waals surface area contributed by atoms with E-state index in [2.05, 4.69) is 20.2 Å². The standard InChI is InChI=1S/C14H16F2N6OS/c1-20-11(2-3-18-20)14(15,16)12(23)21-5-9-4-10(7-21)22(6-9)13-19-17-8-24-13/h2-3,8-10H,4-7H2,1H3. The minimum Gasteiger partial charge on any atom is -0.342 e. The SMILES string of the molecule is Cn1nccc1C(F)(F)C(=O)N1CC2CC(C1)N(c1nncs1)C2. The van der Waals surface area contributed by atoms with Crippen molar-refractivity contribution in [2.24, 2.45) is 13.0 Å². The van der Waals surface area contributed by atoms with Gasteiger partial charge in [0.15, 0.2) is 0 Å². The van der Waals surface area contributed by atoms with Gasteiger partial charge in [0, 0.05) is 38.9 Å². The molecule has 128 valence electrons. The van der Waals surface area contributed by atoms with Crippen LogP contribution in [-0.2, 0) is 17.8 Å². The topological polar surface area (TPSA) is 67.2 Å². The molecule has 2 aliphatic heterocycles. The van der Waals surface area contributed by atoms with Gasteiger partial charge in [-0.3, -0.25) is 9.48 Å². The first-order chi connectivity index (χ1) is 11.5. The number of rotatable bonds is 3. The van der Waals surface area contributed by atoms with Crippen molar-refractivity contribution >= 4 is 22.4 Å². The lowest BCUT2D eigenvalue weighted by Crippen LogP contribution is -2.50. The molecule has 2 atom stereocenters. The van der Waals surface area contributed by atoms with Gasteiger partial charge < -0.3 is 9.80 Å². The number of nitrogens with zero attached hydrogens (tertiary/aromatic N) is 6. The van der Waals surface area contributed by atoms with Crippen molar-refractivity contribution in [3.8, 4) is 0 Å². The second kappa shape index (κ2) is 5.47. The number of amides is 1. The number of hydrogen-bond donors (Lipinski definition) is 0. The molecule has 4 heterocycles. The number of carbonyl (C=O) groups excluding carboxylic acids is 1. The number of carbonyl (C=O) groups is 1. The Morgan fingerprint density at radius 3 is 2.88 bits per heavy atom. The van der Waals surface area contributed by atoms with Crippen molar-refractivity contribution < 1.29 is 13.6 Å². The Morgan fingerprint density at radius 2 is 2.21 bits per heavy atom. The summed E-state index contributed by atoms with van der Waals surface area (Å²) in [7, 11) is 1.41. The molecule has 2 aliphatic rings. The number of aryl methyl sites for hydroxylation is 1. The average Bonchev–Trinajstić information content (AvgIpc) is 3.27. The molecule has 0 spiro atoms. The maximum Gasteiger partial charge on any atom is 0.365 e. The van der Waals surface area contributed by atoms with E-state index in [0.29, 0.717) is 6.54 Å². The Morgan fingerprint density at radius 1 is 1.38 bits per heavy atom. The monoisotopic (exact) mass is 354 g/mol. The van der Waals surface area contributed by atoms with Crippen LogP contribution in [0.4, 0.5) is 13.9 Å². The molecular weight excluding hydrogens is 338 g/mol. The fourth-order valence-corrected chi connectivity index (χ4v) is 4.28. The Bertz CT molecular complexity index is 748. The van der Waals surface area contributed by atoms with Crippen molar-refractivity contribution in [2.45, 2.75) is 18.4 Å². The summed E-state index contributed by atoms with van der Waals surface area (Å²) in [4.78, 5) is 15.8. The van der Waals surface area contributed by atoms with Gasteiger partial charge in [-0.2, -0.15) is 13.9 Å². The zero-order valence-corrected chi connectivity index (χ0v) is 13.8. The molecule has 0 aromatic carbocycles. The quantitative estimate of drug-likeness (QED) is 0.826. The highest BCUT2D eigenvalue weighted by molar-refractivity contribution is 7.13. The Labute approximate surface area is 140 Å². The lowest BCUT2D eigenvalue weighted by molar-refractivity contribution is -0.161. The van der Waals surface area contributed by atoms with E-state index in [0.717, 1.165) is 22.8 Å². The van der Waals surface area contributed by atoms with Crippen LogP contribution in [0.3, 0.4) is 0 Å². The van der Waals surface area contributed by atoms with Crippen LogP contribution in [0, 0.1) is 5.92 Å². The highest BCUT2D eigenvalue weighted by atomic mass is 32.1. The summed E-state index contributed by atoms with van der Waals surface area (Å²) in [6.07, 6.45) is 2.16. The van der Waals surface area contributed by atoms with Crippen LogP contribution in [0.5, 0.6) is 0 Å². The summed E-state index contributed by atoms with van der Waals surface area (Å²) in [6, 6.07) is 1.20. The lowest BCUT2D eigenvalue weighted by Gasteiger charge is -2.34. The molecule has 0 N–H and O–H groups in total. The van der Waals surface area contributed by atoms with Crippen LogP contribution in [0.15, 0.2) is 17.8 Å². The molecule has 0 radical (unpaired) electrons. The lowest BCUT2D eigenvalue weighted by atomic mass is 9.99. The fourth-order valence-electron chi connectivity index (χ4n) is 3.64. The molecule has 2 aromatic heterocycles. The van der Waals surface area contributed by atoms with Gasteiger partial charge in [0.25, 0.3) is 5.91 Å². The first-order valence-corrected chi connectivity index (χ1v) is 8.53. The average molecular weight is 354 g/mol. The summed E-state index contributed by atoms with van der Waals surface area (Å²) in [5, 5.41) is 12.4. The number of fused-ring (bicyclic) bond motifs is 2.